The predicted molar refractivity (Wildman–Crippen MR) is 218 cm³/mol. The van der Waals surface area contributed by atoms with Crippen molar-refractivity contribution in [1.29, 1.82) is 0 Å². The number of ether oxygens (including phenoxy) is 3. The molecule has 3 heteroatoms. The molecule has 0 N–H and O–H groups in total. The number of allylic oxidation sites excluding steroid dienone is 8. The van der Waals surface area contributed by atoms with Gasteiger partial charge >= 0.3 is 0 Å². The molecule has 0 aliphatic carbocycles. The largest absolute Gasteiger partial charge is 0.353 e. The Morgan fingerprint density at radius 3 is 0.878 bits per heavy atom. The van der Waals surface area contributed by atoms with Crippen LogP contribution in [-0.4, -0.2) is 25.8 Å². The lowest BCUT2D eigenvalue weighted by atomic mass is 10.1. The highest BCUT2D eigenvalue weighted by molar-refractivity contribution is 4.84. The summed E-state index contributed by atoms with van der Waals surface area (Å²) in [5.74, 6) is 0. The molecule has 0 bridgehead atoms. The molecule has 288 valence electrons. The van der Waals surface area contributed by atoms with Crippen LogP contribution in [0.5, 0.6) is 0 Å². The average molecular weight is 687 g/mol. The van der Waals surface area contributed by atoms with Gasteiger partial charge in [-0.05, 0) is 89.9 Å². The van der Waals surface area contributed by atoms with E-state index in [4.69, 9.17) is 14.2 Å². The van der Waals surface area contributed by atoms with Crippen molar-refractivity contribution in [1.82, 2.24) is 0 Å². The summed E-state index contributed by atoms with van der Waals surface area (Å²) in [7, 11) is 0. The average Bonchev–Trinajstić information content (AvgIpc) is 3.11. The number of hydrogen-bond donors (Lipinski definition) is 0. The second kappa shape index (κ2) is 43.0. The van der Waals surface area contributed by atoms with Crippen LogP contribution >= 0.6 is 0 Å². The minimum absolute atomic E-state index is 0.189. The molecular weight excluding hydrogens is 601 g/mol. The van der Waals surface area contributed by atoms with E-state index in [-0.39, 0.29) is 12.6 Å². The summed E-state index contributed by atoms with van der Waals surface area (Å²) >= 11 is 0. The van der Waals surface area contributed by atoms with Crippen molar-refractivity contribution in [2.24, 2.45) is 0 Å². The smallest absolute Gasteiger partial charge is 0.161 e. The summed E-state index contributed by atoms with van der Waals surface area (Å²) < 4.78 is 18.9. The first-order valence-corrected chi connectivity index (χ1v) is 21.8. The van der Waals surface area contributed by atoms with E-state index in [1.54, 1.807) is 0 Å². The zero-order chi connectivity index (χ0) is 35.6. The van der Waals surface area contributed by atoms with Gasteiger partial charge < -0.3 is 14.2 Å². The molecule has 0 spiro atoms. The van der Waals surface area contributed by atoms with Crippen molar-refractivity contribution in [3.05, 3.63) is 48.6 Å². The van der Waals surface area contributed by atoms with Crippen LogP contribution in [0.4, 0.5) is 0 Å². The lowest BCUT2D eigenvalue weighted by Gasteiger charge is -2.25. The second-order valence-electron chi connectivity index (χ2n) is 14.2. The maximum absolute atomic E-state index is 6.47. The van der Waals surface area contributed by atoms with Crippen molar-refractivity contribution in [3.8, 4) is 0 Å². The summed E-state index contributed by atoms with van der Waals surface area (Å²) in [6, 6.07) is 0. The highest BCUT2D eigenvalue weighted by atomic mass is 16.8. The Hall–Kier alpha value is -1.16. The van der Waals surface area contributed by atoms with Gasteiger partial charge in [-0.25, -0.2) is 0 Å². The molecule has 2 unspecified atom stereocenters. The lowest BCUT2D eigenvalue weighted by molar-refractivity contribution is -0.248. The van der Waals surface area contributed by atoms with Gasteiger partial charge in [0, 0.05) is 26.1 Å². The van der Waals surface area contributed by atoms with Gasteiger partial charge in [0.25, 0.3) is 0 Å². The van der Waals surface area contributed by atoms with Gasteiger partial charge in [-0.3, -0.25) is 0 Å². The molecule has 0 fully saturated rings. The van der Waals surface area contributed by atoms with Crippen molar-refractivity contribution in [3.63, 3.8) is 0 Å². The fourth-order valence-electron chi connectivity index (χ4n) is 5.78. The van der Waals surface area contributed by atoms with Crippen LogP contribution in [0, 0.1) is 0 Å². The molecule has 0 aromatic carbocycles. The van der Waals surface area contributed by atoms with Crippen LogP contribution in [0.1, 0.15) is 220 Å². The summed E-state index contributed by atoms with van der Waals surface area (Å²) in [5.41, 5.74) is 0. The van der Waals surface area contributed by atoms with Crippen LogP contribution in [0.15, 0.2) is 48.6 Å². The molecule has 0 aromatic heterocycles. The van der Waals surface area contributed by atoms with Crippen LogP contribution in [0.3, 0.4) is 0 Å². The zero-order valence-electron chi connectivity index (χ0n) is 33.6. The van der Waals surface area contributed by atoms with Crippen molar-refractivity contribution in [2.75, 3.05) is 13.2 Å². The van der Waals surface area contributed by atoms with Crippen molar-refractivity contribution < 1.29 is 14.2 Å². The normalized spacial score (nSPS) is 13.6. The molecule has 0 heterocycles. The molecular formula is C46H86O3. The third-order valence-electron chi connectivity index (χ3n) is 9.14. The summed E-state index contributed by atoms with van der Waals surface area (Å²) in [5, 5.41) is 0. The Labute approximate surface area is 308 Å². The molecule has 0 saturated carbocycles. The van der Waals surface area contributed by atoms with Crippen LogP contribution in [0.2, 0.25) is 0 Å². The molecule has 0 rings (SSSR count). The quantitative estimate of drug-likeness (QED) is 0.0365. The summed E-state index contributed by atoms with van der Waals surface area (Å²) in [6.45, 7) is 10.5. The van der Waals surface area contributed by atoms with E-state index in [0.717, 1.165) is 64.6 Å². The van der Waals surface area contributed by atoms with E-state index in [1.165, 1.54) is 141 Å². The molecule has 0 amide bonds. The van der Waals surface area contributed by atoms with E-state index in [1.807, 2.05) is 0 Å². The first-order chi connectivity index (χ1) is 24.3. The van der Waals surface area contributed by atoms with Gasteiger partial charge in [0.2, 0.25) is 0 Å². The second-order valence-corrected chi connectivity index (χ2v) is 14.2. The van der Waals surface area contributed by atoms with E-state index < -0.39 is 0 Å². The SMILES string of the molecule is CCCC/C=C\CCCCCCCC/C=C/CCC(OCCCC)OC(CC/C=C/CCCCCCCC/C=C\CCCC)OCCCC. The standard InChI is InChI=1S/C46H86O3/c1-5-9-13-15-17-19-21-23-25-27-29-31-33-35-37-39-41-45(47-43-11-7-3)49-46(48-44-12-8-4)42-40-38-36-34-32-30-28-26-24-22-20-18-16-14-10-6-2/h15-18,35-38,45-46H,5-14,19-34,39-44H2,1-4H3/b17-15-,18-16-,37-35+,38-36+. The molecule has 0 aliphatic rings. The molecule has 0 radical (unpaired) electrons. The van der Waals surface area contributed by atoms with Gasteiger partial charge in [-0.15, -0.1) is 0 Å². The fourth-order valence-corrected chi connectivity index (χ4v) is 5.78. The topological polar surface area (TPSA) is 27.7 Å². The Bertz CT molecular complexity index is 664. The zero-order valence-corrected chi connectivity index (χ0v) is 33.6. The van der Waals surface area contributed by atoms with E-state index in [9.17, 15) is 0 Å². The lowest BCUT2D eigenvalue weighted by Crippen LogP contribution is -2.27. The van der Waals surface area contributed by atoms with Crippen LogP contribution in [-0.2, 0) is 14.2 Å². The minimum atomic E-state index is -0.189. The molecule has 2 atom stereocenters. The third kappa shape index (κ3) is 39.5. The fraction of sp³-hybridized carbons (Fsp3) is 0.826. The molecule has 0 saturated heterocycles. The third-order valence-corrected chi connectivity index (χ3v) is 9.14. The molecule has 0 aromatic rings. The Kier molecular flexibility index (Phi) is 42.0. The van der Waals surface area contributed by atoms with Crippen LogP contribution < -0.4 is 0 Å². The van der Waals surface area contributed by atoms with Gasteiger partial charge in [-0.1, -0.05) is 166 Å². The summed E-state index contributed by atoms with van der Waals surface area (Å²) in [6.07, 6.45) is 55.8. The van der Waals surface area contributed by atoms with Gasteiger partial charge in [0.1, 0.15) is 0 Å². The van der Waals surface area contributed by atoms with E-state index in [0.29, 0.717) is 0 Å². The highest BCUT2D eigenvalue weighted by Crippen LogP contribution is 2.17. The van der Waals surface area contributed by atoms with Crippen molar-refractivity contribution in [2.45, 2.75) is 233 Å². The predicted octanol–water partition coefficient (Wildman–Crippen LogP) is 15.7. The first-order valence-electron chi connectivity index (χ1n) is 21.8. The monoisotopic (exact) mass is 687 g/mol. The van der Waals surface area contributed by atoms with Gasteiger partial charge in [0.05, 0.1) is 0 Å². The maximum atomic E-state index is 6.47. The summed E-state index contributed by atoms with van der Waals surface area (Å²) in [4.78, 5) is 0. The molecule has 0 aliphatic heterocycles. The van der Waals surface area contributed by atoms with Gasteiger partial charge in [-0.2, -0.15) is 0 Å². The maximum Gasteiger partial charge on any atom is 0.161 e. The number of unbranched alkanes of at least 4 members (excludes halogenated alkanes) is 20. The van der Waals surface area contributed by atoms with Crippen molar-refractivity contribution >= 4 is 0 Å². The molecule has 3 nitrogen and oxygen atoms in total. The minimum Gasteiger partial charge on any atom is -0.353 e. The Morgan fingerprint density at radius 2 is 0.571 bits per heavy atom. The van der Waals surface area contributed by atoms with Crippen LogP contribution in [0.25, 0.3) is 0 Å². The van der Waals surface area contributed by atoms with Gasteiger partial charge in [0.15, 0.2) is 12.6 Å². The molecule has 49 heavy (non-hydrogen) atoms. The van der Waals surface area contributed by atoms with E-state index in [2.05, 4.69) is 76.3 Å². The van der Waals surface area contributed by atoms with E-state index >= 15 is 0 Å². The number of hydrogen-bond acceptors (Lipinski definition) is 3. The first kappa shape index (κ1) is 47.8. The Balaban J connectivity index is 4.24. The highest BCUT2D eigenvalue weighted by Gasteiger charge is 2.17. The number of rotatable bonds is 40. The Morgan fingerprint density at radius 1 is 0.306 bits per heavy atom.